The molecule has 0 heterocycles. The van der Waals surface area contributed by atoms with Crippen LogP contribution in [0.4, 0.5) is 17.1 Å². The van der Waals surface area contributed by atoms with Crippen molar-refractivity contribution in [3.8, 4) is 22.6 Å². The smallest absolute Gasteiger partial charge is 0.336 e. The first kappa shape index (κ1) is 53.6. The molecule has 0 aliphatic carbocycles. The summed E-state index contributed by atoms with van der Waals surface area (Å²) < 4.78 is 10.1. The molecule has 0 radical (unpaired) electrons. The van der Waals surface area contributed by atoms with Crippen LogP contribution in [-0.2, 0) is 22.4 Å². The second-order valence-corrected chi connectivity index (χ2v) is 17.5. The fourth-order valence-electron chi connectivity index (χ4n) is 8.17. The lowest BCUT2D eigenvalue weighted by Crippen LogP contribution is -2.18. The lowest BCUT2D eigenvalue weighted by molar-refractivity contribution is -0.121. The Labute approximate surface area is 434 Å². The van der Waals surface area contributed by atoms with Gasteiger partial charge in [-0.05, 0) is 127 Å². The van der Waals surface area contributed by atoms with Crippen LogP contribution in [0.3, 0.4) is 0 Å². The Morgan fingerprint density at radius 1 is 0.461 bits per heavy atom. The fraction of sp³-hybridized carbons (Fsp3) is 0.119. The summed E-state index contributed by atoms with van der Waals surface area (Å²) in [5.41, 5.74) is 4.76. The van der Waals surface area contributed by atoms with Crippen LogP contribution >= 0.6 is 0 Å². The molecule has 0 unspecified atom stereocenters. The maximum absolute atomic E-state index is 13.9. The van der Waals surface area contributed by atoms with Gasteiger partial charge in [0.25, 0.3) is 30.7 Å². The predicted molar refractivity (Wildman–Crippen MR) is 280 cm³/mol. The number of hydrogen-bond acceptors (Lipinski definition) is 12. The summed E-state index contributed by atoms with van der Waals surface area (Å²) in [6.45, 7) is 7.05. The van der Waals surface area contributed by atoms with E-state index in [-0.39, 0.29) is 83.3 Å². The number of nitrogens with one attached hydrogen (secondary N) is 3. The molecule has 3 amide bonds. The van der Waals surface area contributed by atoms with Crippen molar-refractivity contribution < 1.29 is 67.6 Å². The Kier molecular flexibility index (Phi) is 16.6. The van der Waals surface area contributed by atoms with E-state index in [1.165, 1.54) is 19.1 Å². The van der Waals surface area contributed by atoms with E-state index in [4.69, 9.17) is 9.47 Å². The molecule has 0 aliphatic heterocycles. The molecular formula is C59H47N3O14. The molecule has 0 bridgehead atoms. The third-order valence-electron chi connectivity index (χ3n) is 12.3. The molecule has 17 heteroatoms. The molecule has 0 atom stereocenters. The number of carboxylic acids is 2. The summed E-state index contributed by atoms with van der Waals surface area (Å²) >= 11 is 0. The normalized spacial score (nSPS) is 10.6. The minimum atomic E-state index is -1.52. The van der Waals surface area contributed by atoms with Crippen molar-refractivity contribution in [3.05, 3.63) is 206 Å². The Hall–Kier alpha value is -10.2. The van der Waals surface area contributed by atoms with E-state index >= 15 is 0 Å². The number of carboxylic acid groups (broad SMARTS) is 2. The number of rotatable bonds is 21. The largest absolute Gasteiger partial charge is 0.478 e. The van der Waals surface area contributed by atoms with Gasteiger partial charge in [-0.25, -0.2) is 9.59 Å². The van der Waals surface area contributed by atoms with Crippen molar-refractivity contribution in [1.29, 1.82) is 0 Å². The number of hydrogen-bond donors (Lipinski definition) is 5. The quantitative estimate of drug-likeness (QED) is 0.0331. The molecule has 0 saturated heterocycles. The van der Waals surface area contributed by atoms with E-state index < -0.39 is 46.4 Å². The molecule has 5 N–H and O–H groups in total. The van der Waals surface area contributed by atoms with Gasteiger partial charge in [0.1, 0.15) is 11.5 Å². The number of carbonyl (C=O) groups excluding carboxylic acids is 8. The van der Waals surface area contributed by atoms with Gasteiger partial charge in [0.2, 0.25) is 0 Å². The number of amides is 3. The third-order valence-corrected chi connectivity index (χ3v) is 12.3. The number of aryl methyl sites for hydroxylation is 3. The number of ether oxygens (including phenoxy) is 2. The van der Waals surface area contributed by atoms with Crippen molar-refractivity contribution in [3.63, 3.8) is 0 Å². The van der Waals surface area contributed by atoms with E-state index in [0.29, 0.717) is 55.9 Å². The van der Waals surface area contributed by atoms with Crippen LogP contribution in [0, 0.1) is 20.8 Å². The summed E-state index contributed by atoms with van der Waals surface area (Å²) in [5.74, 6) is -7.02. The molecule has 7 rings (SSSR count). The lowest BCUT2D eigenvalue weighted by Gasteiger charge is -2.15. The molecule has 76 heavy (non-hydrogen) atoms. The minimum Gasteiger partial charge on any atom is -0.478 e. The first-order valence-corrected chi connectivity index (χ1v) is 23.4. The molecule has 0 aliphatic rings. The first-order valence-electron chi connectivity index (χ1n) is 23.4. The Balaban J connectivity index is 1.01. The lowest BCUT2D eigenvalue weighted by atomic mass is 9.92. The topological polar surface area (TPSA) is 266 Å². The van der Waals surface area contributed by atoms with E-state index in [9.17, 15) is 58.2 Å². The molecule has 0 spiro atoms. The number of ketones is 3. The number of benzene rings is 7. The van der Waals surface area contributed by atoms with Crippen molar-refractivity contribution in [1.82, 2.24) is 0 Å². The SMILES string of the molecule is CCC(=O)c1cc(OC=O)c(C(=O)Nc2ccc(-c3ccc(CC(=O)c4cc(OC=O)c(C(=O)Nc5ccc(CC(=O)c6ccc(C(=O)Nc7ccc(C)cc7)cc6)cc5)cc4C(=O)O)c(C)c3)cc2C)cc1C(=O)O. The van der Waals surface area contributed by atoms with Gasteiger partial charge >= 0.3 is 11.9 Å². The van der Waals surface area contributed by atoms with Gasteiger partial charge in [0.15, 0.2) is 17.3 Å². The Morgan fingerprint density at radius 3 is 1.46 bits per heavy atom. The summed E-state index contributed by atoms with van der Waals surface area (Å²) in [7, 11) is 0. The van der Waals surface area contributed by atoms with Gasteiger partial charge in [0.05, 0.1) is 22.3 Å². The Bertz CT molecular complexity index is 3510. The maximum atomic E-state index is 13.9. The average Bonchev–Trinajstić information content (AvgIpc) is 3.41. The molecular weight excluding hydrogens is 975 g/mol. The van der Waals surface area contributed by atoms with Gasteiger partial charge < -0.3 is 35.6 Å². The predicted octanol–water partition coefficient (Wildman–Crippen LogP) is 9.95. The van der Waals surface area contributed by atoms with Crippen LogP contribution in [0.25, 0.3) is 11.1 Å². The number of carbonyl (C=O) groups is 10. The molecule has 0 saturated carbocycles. The highest BCUT2D eigenvalue weighted by Crippen LogP contribution is 2.32. The highest BCUT2D eigenvalue weighted by atomic mass is 16.5. The second kappa shape index (κ2) is 23.6. The monoisotopic (exact) mass is 1020 g/mol. The van der Waals surface area contributed by atoms with Gasteiger partial charge in [-0.3, -0.25) is 38.4 Å². The van der Waals surface area contributed by atoms with E-state index in [0.717, 1.165) is 29.8 Å². The first-order chi connectivity index (χ1) is 36.4. The van der Waals surface area contributed by atoms with Gasteiger partial charge in [0, 0.05) is 58.6 Å². The highest BCUT2D eigenvalue weighted by Gasteiger charge is 2.26. The second-order valence-electron chi connectivity index (χ2n) is 17.5. The average molecular weight is 1020 g/mol. The van der Waals surface area contributed by atoms with Gasteiger partial charge in [-0.1, -0.05) is 73.2 Å². The van der Waals surface area contributed by atoms with Gasteiger partial charge in [-0.15, -0.1) is 0 Å². The van der Waals surface area contributed by atoms with E-state index in [1.54, 1.807) is 98.8 Å². The number of Topliss-reactive ketones (excluding diaryl/α,β-unsaturated/α-hetero) is 3. The van der Waals surface area contributed by atoms with E-state index in [2.05, 4.69) is 16.0 Å². The van der Waals surface area contributed by atoms with Crippen molar-refractivity contribution >= 4 is 77.0 Å². The molecule has 17 nitrogen and oxygen atoms in total. The van der Waals surface area contributed by atoms with Crippen molar-refractivity contribution in [2.75, 3.05) is 16.0 Å². The summed E-state index contributed by atoms with van der Waals surface area (Å²) in [5, 5.41) is 28.1. The van der Waals surface area contributed by atoms with E-state index in [1.807, 2.05) is 19.1 Å². The van der Waals surface area contributed by atoms with Crippen LogP contribution < -0.4 is 25.4 Å². The fourth-order valence-corrected chi connectivity index (χ4v) is 8.17. The zero-order valence-corrected chi connectivity index (χ0v) is 41.3. The highest BCUT2D eigenvalue weighted by molar-refractivity contribution is 6.14. The molecule has 7 aromatic carbocycles. The zero-order chi connectivity index (χ0) is 54.8. The standard InChI is InChI=1S/C59H47N3O14/c1-5-50(65)43-28-53(75-30-63)48(26-45(43)58(71)72)57(70)62-49-21-16-40(23-34(49)4)39-15-14-38(33(3)22-39)25-52(67)44-29-54(76-31-64)47(27-46(44)59(73)74)56(69)61-42-19-8-35(9-20-42)24-51(66)36-10-12-37(13-11-36)55(68)60-41-17-6-32(2)7-18-41/h6-23,26-31H,5,24-25H2,1-4H3,(H,60,68)(H,61,69)(H,62,70)(H,71,72)(H,73,74). The summed E-state index contributed by atoms with van der Waals surface area (Å²) in [6.07, 6.45) is -0.301. The van der Waals surface area contributed by atoms with Crippen LogP contribution in [0.5, 0.6) is 11.5 Å². The number of aromatic carboxylic acids is 2. The number of anilines is 3. The maximum Gasteiger partial charge on any atom is 0.336 e. The third kappa shape index (κ3) is 12.5. The van der Waals surface area contributed by atoms with Crippen molar-refractivity contribution in [2.24, 2.45) is 0 Å². The minimum absolute atomic E-state index is 0.00522. The Morgan fingerprint density at radius 2 is 0.947 bits per heavy atom. The van der Waals surface area contributed by atoms with Crippen LogP contribution in [-0.4, -0.2) is 70.2 Å². The van der Waals surface area contributed by atoms with Gasteiger partial charge in [-0.2, -0.15) is 0 Å². The summed E-state index contributed by atoms with van der Waals surface area (Å²) in [6, 6.07) is 34.2. The molecule has 7 aromatic rings. The van der Waals surface area contributed by atoms with Crippen molar-refractivity contribution in [2.45, 2.75) is 47.0 Å². The van der Waals surface area contributed by atoms with Crippen LogP contribution in [0.1, 0.15) is 124 Å². The molecule has 382 valence electrons. The molecule has 0 fully saturated rings. The van der Waals surface area contributed by atoms with Crippen LogP contribution in [0.15, 0.2) is 133 Å². The van der Waals surface area contributed by atoms with Crippen LogP contribution in [0.2, 0.25) is 0 Å². The zero-order valence-electron chi connectivity index (χ0n) is 41.3. The molecule has 0 aromatic heterocycles. The summed E-state index contributed by atoms with van der Waals surface area (Å²) in [4.78, 5) is 127.